The average molecular weight is 403 g/mol. The smallest absolute Gasteiger partial charge is 0.309 e. The van der Waals surface area contributed by atoms with E-state index >= 15 is 0 Å². The largest absolute Gasteiger partial charge is 0.481 e. The number of esters is 1. The predicted molar refractivity (Wildman–Crippen MR) is 107 cm³/mol. The van der Waals surface area contributed by atoms with E-state index in [1.807, 2.05) is 20.8 Å². The van der Waals surface area contributed by atoms with Gasteiger partial charge in [0.25, 0.3) is 0 Å². The van der Waals surface area contributed by atoms with Crippen LogP contribution in [0.1, 0.15) is 78.6 Å². The Morgan fingerprint density at radius 2 is 2.00 bits per heavy atom. The number of carboxylic acid groups (broad SMARTS) is 1. The Morgan fingerprint density at radius 1 is 1.24 bits per heavy atom. The van der Waals surface area contributed by atoms with Gasteiger partial charge in [-0.05, 0) is 75.7 Å². The summed E-state index contributed by atoms with van der Waals surface area (Å²) in [4.78, 5) is 24.9. The number of aliphatic carboxylic acids is 1. The molecule has 1 N–H and O–H groups in total. The second-order valence-corrected chi connectivity index (χ2v) is 11.1. The summed E-state index contributed by atoms with van der Waals surface area (Å²) in [6, 6.07) is 0. The van der Waals surface area contributed by atoms with Gasteiger partial charge in [-0.2, -0.15) is 0 Å². The molecule has 5 heteroatoms. The van der Waals surface area contributed by atoms with E-state index in [9.17, 15) is 14.7 Å². The number of ether oxygens (including phenoxy) is 2. The molecule has 1 aliphatic heterocycles. The monoisotopic (exact) mass is 402 g/mol. The Labute approximate surface area is 173 Å². The van der Waals surface area contributed by atoms with E-state index in [0.717, 1.165) is 56.9 Å². The Kier molecular flexibility index (Phi) is 3.96. The maximum absolute atomic E-state index is 12.6. The van der Waals surface area contributed by atoms with E-state index in [0.29, 0.717) is 12.3 Å². The van der Waals surface area contributed by atoms with Crippen LogP contribution in [0.4, 0.5) is 0 Å². The molecule has 5 nitrogen and oxygen atoms in total. The van der Waals surface area contributed by atoms with Gasteiger partial charge in [0.1, 0.15) is 17.3 Å². The molecule has 4 saturated carbocycles. The highest BCUT2D eigenvalue weighted by Crippen LogP contribution is 2.81. The number of carbonyl (C=O) groups is 2. The molecular weight excluding hydrogens is 368 g/mol. The second kappa shape index (κ2) is 5.87. The molecule has 1 saturated heterocycles. The van der Waals surface area contributed by atoms with Crippen molar-refractivity contribution < 1.29 is 24.2 Å². The lowest BCUT2D eigenvalue weighted by Gasteiger charge is -2.53. The van der Waals surface area contributed by atoms with Gasteiger partial charge < -0.3 is 14.6 Å². The van der Waals surface area contributed by atoms with E-state index in [1.54, 1.807) is 0 Å². The molecule has 29 heavy (non-hydrogen) atoms. The zero-order valence-electron chi connectivity index (χ0n) is 18.0. The van der Waals surface area contributed by atoms with Gasteiger partial charge in [-0.15, -0.1) is 0 Å². The minimum absolute atomic E-state index is 0.0457. The number of carbonyl (C=O) groups excluding carboxylic acids is 1. The van der Waals surface area contributed by atoms with Crippen molar-refractivity contribution in [2.24, 2.45) is 28.6 Å². The zero-order valence-corrected chi connectivity index (χ0v) is 18.0. The summed E-state index contributed by atoms with van der Waals surface area (Å²) in [6.45, 7) is 10.4. The minimum atomic E-state index is -0.723. The highest BCUT2D eigenvalue weighted by molar-refractivity contribution is 5.75. The molecule has 0 amide bonds. The number of carboxylic acids is 1. The molecular formula is C24H34O5. The van der Waals surface area contributed by atoms with Crippen LogP contribution in [0.3, 0.4) is 0 Å². The van der Waals surface area contributed by atoms with Gasteiger partial charge in [0, 0.05) is 17.8 Å². The van der Waals surface area contributed by atoms with Crippen molar-refractivity contribution in [3.8, 4) is 0 Å². The molecule has 160 valence electrons. The van der Waals surface area contributed by atoms with Crippen molar-refractivity contribution in [1.82, 2.24) is 0 Å². The molecule has 0 aromatic carbocycles. The third-order valence-electron chi connectivity index (χ3n) is 9.39. The van der Waals surface area contributed by atoms with E-state index in [2.05, 4.69) is 6.58 Å². The Hall–Kier alpha value is -1.36. The standard InChI is InChI=1S/C24H34O5/c1-14(2)12-18(25)28-19-15(3)16-6-11-24-22(19,13-16)10-7-17-21(4,20(26)27)8-5-9-23(17,24)29-24/h14,16-17,19H,3,5-13H2,1-2,4H3,(H,26,27)/t16-,17-,19+,21-,22+,23+,24+/m1/s1. The summed E-state index contributed by atoms with van der Waals surface area (Å²) >= 11 is 0. The third kappa shape index (κ3) is 2.21. The molecule has 0 radical (unpaired) electrons. The first-order chi connectivity index (χ1) is 13.6. The molecule has 2 bridgehead atoms. The van der Waals surface area contributed by atoms with Crippen molar-refractivity contribution in [2.75, 3.05) is 0 Å². The van der Waals surface area contributed by atoms with Crippen molar-refractivity contribution in [1.29, 1.82) is 0 Å². The van der Waals surface area contributed by atoms with Crippen LogP contribution in [0.15, 0.2) is 12.2 Å². The van der Waals surface area contributed by atoms with Gasteiger partial charge >= 0.3 is 11.9 Å². The molecule has 1 heterocycles. The van der Waals surface area contributed by atoms with Crippen LogP contribution in [0.2, 0.25) is 0 Å². The molecule has 7 atom stereocenters. The number of hydrogen-bond acceptors (Lipinski definition) is 4. The summed E-state index contributed by atoms with van der Waals surface area (Å²) in [5.74, 6) is -0.127. The lowest BCUT2D eigenvalue weighted by atomic mass is 9.46. The van der Waals surface area contributed by atoms with Crippen LogP contribution < -0.4 is 0 Å². The van der Waals surface area contributed by atoms with Gasteiger partial charge in [0.05, 0.1) is 5.41 Å². The summed E-state index contributed by atoms with van der Waals surface area (Å²) in [7, 11) is 0. The first-order valence-electron chi connectivity index (χ1n) is 11.4. The first-order valence-corrected chi connectivity index (χ1v) is 11.4. The Balaban J connectivity index is 1.52. The van der Waals surface area contributed by atoms with Crippen LogP contribution in [-0.2, 0) is 19.1 Å². The van der Waals surface area contributed by atoms with Crippen molar-refractivity contribution in [2.45, 2.75) is 95.9 Å². The topological polar surface area (TPSA) is 76.1 Å². The third-order valence-corrected chi connectivity index (χ3v) is 9.39. The number of fused-ring (bicyclic) bond motifs is 1. The molecule has 4 aliphatic carbocycles. The first kappa shape index (κ1) is 19.6. The lowest BCUT2D eigenvalue weighted by molar-refractivity contribution is -0.163. The molecule has 0 aromatic heterocycles. The highest BCUT2D eigenvalue weighted by Gasteiger charge is 2.88. The number of hydrogen-bond donors (Lipinski definition) is 1. The van der Waals surface area contributed by atoms with Crippen LogP contribution in [-0.4, -0.2) is 34.4 Å². The maximum atomic E-state index is 12.6. The van der Waals surface area contributed by atoms with Gasteiger partial charge in [-0.1, -0.05) is 20.4 Å². The van der Waals surface area contributed by atoms with Gasteiger partial charge in [0.2, 0.25) is 0 Å². The van der Waals surface area contributed by atoms with Crippen molar-refractivity contribution in [3.63, 3.8) is 0 Å². The summed E-state index contributed by atoms with van der Waals surface area (Å²) in [6.07, 6.45) is 7.33. The molecule has 0 aromatic rings. The van der Waals surface area contributed by atoms with Crippen LogP contribution in [0, 0.1) is 28.6 Å². The Morgan fingerprint density at radius 3 is 2.69 bits per heavy atom. The van der Waals surface area contributed by atoms with Crippen molar-refractivity contribution >= 4 is 11.9 Å². The molecule has 5 aliphatic rings. The number of rotatable bonds is 4. The van der Waals surface area contributed by atoms with Crippen molar-refractivity contribution in [3.05, 3.63) is 12.2 Å². The molecule has 5 fully saturated rings. The summed E-state index contributed by atoms with van der Waals surface area (Å²) in [5, 5.41) is 10.1. The zero-order chi connectivity index (χ0) is 20.8. The molecule has 3 spiro atoms. The highest BCUT2D eigenvalue weighted by atomic mass is 16.6. The van der Waals surface area contributed by atoms with E-state index in [4.69, 9.17) is 9.47 Å². The van der Waals surface area contributed by atoms with E-state index in [-0.39, 0.29) is 40.5 Å². The fraction of sp³-hybridized carbons (Fsp3) is 0.833. The summed E-state index contributed by atoms with van der Waals surface area (Å²) in [5.41, 5.74) is -0.555. The minimum Gasteiger partial charge on any atom is -0.481 e. The molecule has 0 unspecified atom stereocenters. The Bertz CT molecular complexity index is 788. The van der Waals surface area contributed by atoms with Gasteiger partial charge in [0.15, 0.2) is 0 Å². The van der Waals surface area contributed by atoms with Crippen LogP contribution in [0.5, 0.6) is 0 Å². The lowest BCUT2D eigenvalue weighted by Crippen LogP contribution is -2.61. The quantitative estimate of drug-likeness (QED) is 0.426. The fourth-order valence-electron chi connectivity index (χ4n) is 8.14. The van der Waals surface area contributed by atoms with Gasteiger partial charge in [-0.3, -0.25) is 9.59 Å². The van der Waals surface area contributed by atoms with Crippen LogP contribution in [0.25, 0.3) is 0 Å². The van der Waals surface area contributed by atoms with E-state index < -0.39 is 11.4 Å². The molecule has 5 rings (SSSR count). The average Bonchev–Trinajstić information content (AvgIpc) is 3.24. The normalized spacial score (nSPS) is 49.8. The van der Waals surface area contributed by atoms with Crippen LogP contribution >= 0.6 is 0 Å². The SMILES string of the molecule is C=C1[C@@H]2CC[C@@]34O[C@]35CCC[C@@](C)(C(=O)O)[C@H]5CC[C@]4(C2)[C@H]1OC(=O)CC(C)C. The second-order valence-electron chi connectivity index (χ2n) is 11.1. The summed E-state index contributed by atoms with van der Waals surface area (Å²) < 4.78 is 12.9. The fourth-order valence-corrected chi connectivity index (χ4v) is 8.14. The number of epoxide rings is 1. The predicted octanol–water partition coefficient (Wildman–Crippen LogP) is 4.49. The van der Waals surface area contributed by atoms with E-state index in [1.165, 1.54) is 0 Å². The van der Waals surface area contributed by atoms with Gasteiger partial charge in [-0.25, -0.2) is 0 Å². The maximum Gasteiger partial charge on any atom is 0.309 e.